The summed E-state index contributed by atoms with van der Waals surface area (Å²) in [5.74, 6) is 0.792. The van der Waals surface area contributed by atoms with Gasteiger partial charge < -0.3 is 15.8 Å². The minimum Gasteiger partial charge on any atom is -0.489 e. The zero-order chi connectivity index (χ0) is 14.1. The molecular formula is C16H17ClN2O. The van der Waals surface area contributed by atoms with Gasteiger partial charge in [-0.05, 0) is 24.1 Å². The second kappa shape index (κ2) is 5.35. The van der Waals surface area contributed by atoms with E-state index < -0.39 is 0 Å². The molecule has 0 saturated carbocycles. The minimum absolute atomic E-state index is 0.131. The molecule has 0 fully saturated rings. The minimum atomic E-state index is 0.131. The van der Waals surface area contributed by atoms with E-state index in [1.807, 2.05) is 24.3 Å². The smallest absolute Gasteiger partial charge is 0.144 e. The number of halogens is 1. The summed E-state index contributed by atoms with van der Waals surface area (Å²) in [5.41, 5.74) is 10.1. The number of nitrogens with two attached hydrogens (primary N) is 1. The third-order valence-electron chi connectivity index (χ3n) is 3.58. The van der Waals surface area contributed by atoms with Crippen LogP contribution >= 0.6 is 11.6 Å². The molecule has 0 radical (unpaired) electrons. The molecule has 0 aromatic heterocycles. The first-order valence-electron chi connectivity index (χ1n) is 6.68. The molecule has 1 atom stereocenters. The Kier molecular flexibility index (Phi) is 3.55. The van der Waals surface area contributed by atoms with Crippen LogP contribution in [-0.2, 0) is 0 Å². The Bertz CT molecular complexity index is 642. The van der Waals surface area contributed by atoms with Crippen molar-refractivity contribution in [3.05, 3.63) is 47.0 Å². The molecule has 3 rings (SSSR count). The molecule has 0 amide bonds. The Morgan fingerprint density at radius 1 is 1.30 bits per heavy atom. The third-order valence-corrected chi connectivity index (χ3v) is 3.79. The maximum Gasteiger partial charge on any atom is 0.144 e. The summed E-state index contributed by atoms with van der Waals surface area (Å²) in [5, 5.41) is 4.14. The highest BCUT2D eigenvalue weighted by Crippen LogP contribution is 2.41. The highest BCUT2D eigenvalue weighted by molar-refractivity contribution is 6.31. The first-order chi connectivity index (χ1) is 9.69. The summed E-state index contributed by atoms with van der Waals surface area (Å²) in [6.07, 6.45) is 0. The van der Waals surface area contributed by atoms with Gasteiger partial charge in [-0.1, -0.05) is 35.9 Å². The Hall–Kier alpha value is -1.71. The maximum atomic E-state index is 6.22. The molecule has 1 aliphatic heterocycles. The fourth-order valence-electron chi connectivity index (χ4n) is 2.50. The molecular weight excluding hydrogens is 272 g/mol. The van der Waals surface area contributed by atoms with Crippen molar-refractivity contribution in [3.63, 3.8) is 0 Å². The van der Waals surface area contributed by atoms with E-state index in [0.717, 1.165) is 22.6 Å². The Labute approximate surface area is 123 Å². The predicted molar refractivity (Wildman–Crippen MR) is 83.6 cm³/mol. The monoisotopic (exact) mass is 288 g/mol. The lowest BCUT2D eigenvalue weighted by molar-refractivity contribution is 0.287. The summed E-state index contributed by atoms with van der Waals surface area (Å²) in [7, 11) is 0. The number of ether oxygens (including phenoxy) is 1. The maximum absolute atomic E-state index is 6.22. The first kappa shape index (κ1) is 13.3. The number of anilines is 1. The van der Waals surface area contributed by atoms with Crippen LogP contribution in [0.25, 0.3) is 11.1 Å². The van der Waals surface area contributed by atoms with Gasteiger partial charge in [0.15, 0.2) is 0 Å². The molecule has 2 aromatic rings. The second-order valence-electron chi connectivity index (χ2n) is 5.03. The molecule has 20 heavy (non-hydrogen) atoms. The van der Waals surface area contributed by atoms with Crippen LogP contribution in [0.1, 0.15) is 5.56 Å². The third kappa shape index (κ3) is 2.35. The van der Waals surface area contributed by atoms with Crippen LogP contribution in [0.15, 0.2) is 36.4 Å². The molecule has 0 saturated heterocycles. The SMILES string of the molecule is Cc1ccccc1-c1cc(Cl)cc2c1N[C@@H](CN)CO2. The summed E-state index contributed by atoms with van der Waals surface area (Å²) in [6, 6.07) is 12.2. The van der Waals surface area contributed by atoms with Gasteiger partial charge in [0, 0.05) is 23.2 Å². The van der Waals surface area contributed by atoms with Crippen molar-refractivity contribution < 1.29 is 4.74 Å². The van der Waals surface area contributed by atoms with Crippen molar-refractivity contribution in [2.45, 2.75) is 13.0 Å². The number of hydrogen-bond donors (Lipinski definition) is 2. The summed E-state index contributed by atoms with van der Waals surface area (Å²) in [4.78, 5) is 0. The van der Waals surface area contributed by atoms with Gasteiger partial charge in [0.05, 0.1) is 11.7 Å². The largest absolute Gasteiger partial charge is 0.489 e. The van der Waals surface area contributed by atoms with Crippen LogP contribution in [0.5, 0.6) is 5.75 Å². The van der Waals surface area contributed by atoms with E-state index in [4.69, 9.17) is 22.1 Å². The van der Waals surface area contributed by atoms with E-state index in [0.29, 0.717) is 18.2 Å². The molecule has 0 unspecified atom stereocenters. The van der Waals surface area contributed by atoms with Crippen LogP contribution in [0.2, 0.25) is 5.02 Å². The standard InChI is InChI=1S/C16H17ClN2O/c1-10-4-2-3-5-13(10)14-6-11(17)7-15-16(14)19-12(8-18)9-20-15/h2-7,12,19H,8-9,18H2,1H3/t12-/m0/s1. The van der Waals surface area contributed by atoms with Crippen molar-refractivity contribution in [1.82, 2.24) is 0 Å². The summed E-state index contributed by atoms with van der Waals surface area (Å²) in [6.45, 7) is 3.19. The first-order valence-corrected chi connectivity index (χ1v) is 7.06. The zero-order valence-corrected chi connectivity index (χ0v) is 12.1. The predicted octanol–water partition coefficient (Wildman–Crippen LogP) is 3.45. The van der Waals surface area contributed by atoms with Crippen LogP contribution in [0.3, 0.4) is 0 Å². The quantitative estimate of drug-likeness (QED) is 0.890. The van der Waals surface area contributed by atoms with Crippen molar-refractivity contribution in [3.8, 4) is 16.9 Å². The van der Waals surface area contributed by atoms with Gasteiger partial charge in [-0.2, -0.15) is 0 Å². The normalized spacial score (nSPS) is 17.1. The van der Waals surface area contributed by atoms with Gasteiger partial charge in [0.1, 0.15) is 12.4 Å². The lowest BCUT2D eigenvalue weighted by Crippen LogP contribution is -2.37. The van der Waals surface area contributed by atoms with Crippen molar-refractivity contribution >= 4 is 17.3 Å². The molecule has 0 bridgehead atoms. The molecule has 4 heteroatoms. The molecule has 104 valence electrons. The average molecular weight is 289 g/mol. The van der Waals surface area contributed by atoms with E-state index in [1.54, 1.807) is 0 Å². The molecule has 0 aliphatic carbocycles. The highest BCUT2D eigenvalue weighted by Gasteiger charge is 2.22. The average Bonchev–Trinajstić information content (AvgIpc) is 2.46. The van der Waals surface area contributed by atoms with E-state index in [1.165, 1.54) is 5.56 Å². The van der Waals surface area contributed by atoms with Gasteiger partial charge in [0.25, 0.3) is 0 Å². The molecule has 2 aromatic carbocycles. The number of rotatable bonds is 2. The number of fused-ring (bicyclic) bond motifs is 1. The summed E-state index contributed by atoms with van der Waals surface area (Å²) >= 11 is 6.22. The van der Waals surface area contributed by atoms with Crippen LogP contribution in [-0.4, -0.2) is 19.2 Å². The number of hydrogen-bond acceptors (Lipinski definition) is 3. The van der Waals surface area contributed by atoms with E-state index >= 15 is 0 Å². The number of aryl methyl sites for hydroxylation is 1. The number of nitrogens with one attached hydrogen (secondary N) is 1. The Morgan fingerprint density at radius 2 is 2.10 bits per heavy atom. The van der Waals surface area contributed by atoms with Gasteiger partial charge in [-0.25, -0.2) is 0 Å². The van der Waals surface area contributed by atoms with Gasteiger partial charge >= 0.3 is 0 Å². The van der Waals surface area contributed by atoms with Gasteiger partial charge in [-0.15, -0.1) is 0 Å². The van der Waals surface area contributed by atoms with E-state index in [9.17, 15) is 0 Å². The lowest BCUT2D eigenvalue weighted by Gasteiger charge is -2.29. The lowest BCUT2D eigenvalue weighted by atomic mass is 9.97. The van der Waals surface area contributed by atoms with E-state index in [2.05, 4.69) is 24.4 Å². The molecule has 3 nitrogen and oxygen atoms in total. The molecule has 1 aliphatic rings. The molecule has 3 N–H and O–H groups in total. The second-order valence-corrected chi connectivity index (χ2v) is 5.47. The highest BCUT2D eigenvalue weighted by atomic mass is 35.5. The van der Waals surface area contributed by atoms with Gasteiger partial charge in [0.2, 0.25) is 0 Å². The van der Waals surface area contributed by atoms with Gasteiger partial charge in [-0.3, -0.25) is 0 Å². The van der Waals surface area contributed by atoms with Crippen molar-refractivity contribution in [1.29, 1.82) is 0 Å². The fraction of sp³-hybridized carbons (Fsp3) is 0.250. The van der Waals surface area contributed by atoms with Crippen LogP contribution < -0.4 is 15.8 Å². The van der Waals surface area contributed by atoms with Crippen molar-refractivity contribution in [2.75, 3.05) is 18.5 Å². The fourth-order valence-corrected chi connectivity index (χ4v) is 2.70. The molecule has 1 heterocycles. The number of benzene rings is 2. The zero-order valence-electron chi connectivity index (χ0n) is 11.3. The van der Waals surface area contributed by atoms with E-state index in [-0.39, 0.29) is 6.04 Å². The Balaban J connectivity index is 2.16. The summed E-state index contributed by atoms with van der Waals surface area (Å²) < 4.78 is 5.78. The topological polar surface area (TPSA) is 47.3 Å². The Morgan fingerprint density at radius 3 is 2.85 bits per heavy atom. The molecule has 0 spiro atoms. The van der Waals surface area contributed by atoms with Crippen molar-refractivity contribution in [2.24, 2.45) is 5.73 Å². The van der Waals surface area contributed by atoms with Crippen LogP contribution in [0.4, 0.5) is 5.69 Å². The van der Waals surface area contributed by atoms with Crippen LogP contribution in [0, 0.1) is 6.92 Å².